The van der Waals surface area contributed by atoms with Gasteiger partial charge in [-0.2, -0.15) is 5.10 Å². The maximum Gasteiger partial charge on any atom is 0.0664 e. The van der Waals surface area contributed by atoms with E-state index in [1.807, 2.05) is 31.5 Å². The van der Waals surface area contributed by atoms with Crippen LogP contribution in [-0.4, -0.2) is 9.78 Å². The Balaban J connectivity index is 2.58. The largest absolute Gasteiger partial charge is 0.324 e. The number of benzene rings is 1. The third-order valence-corrected chi connectivity index (χ3v) is 3.69. The van der Waals surface area contributed by atoms with Crippen LogP contribution in [0.2, 0.25) is 10.0 Å². The zero-order valence-corrected chi connectivity index (χ0v) is 12.0. The van der Waals surface area contributed by atoms with Crippen LogP contribution in [0, 0.1) is 13.8 Å². The van der Waals surface area contributed by atoms with E-state index in [9.17, 15) is 0 Å². The monoisotopic (exact) mass is 283 g/mol. The number of aryl methyl sites for hydroxylation is 1. The number of halogens is 2. The molecule has 0 fully saturated rings. The highest BCUT2D eigenvalue weighted by Crippen LogP contribution is 2.27. The van der Waals surface area contributed by atoms with Gasteiger partial charge < -0.3 is 5.73 Å². The van der Waals surface area contributed by atoms with Gasteiger partial charge in [-0.3, -0.25) is 0 Å². The minimum atomic E-state index is -0.0403. The highest BCUT2D eigenvalue weighted by molar-refractivity contribution is 6.42. The van der Waals surface area contributed by atoms with Crippen LogP contribution in [0.4, 0.5) is 0 Å². The van der Waals surface area contributed by atoms with Crippen LogP contribution in [0.15, 0.2) is 18.2 Å². The molecule has 1 aromatic carbocycles. The molecule has 0 aliphatic rings. The van der Waals surface area contributed by atoms with Gasteiger partial charge in [0, 0.05) is 17.3 Å². The Bertz CT molecular complexity index is 588. The Hall–Kier alpha value is -1.03. The van der Waals surface area contributed by atoms with Gasteiger partial charge in [-0.15, -0.1) is 0 Å². The van der Waals surface area contributed by atoms with E-state index >= 15 is 0 Å². The first kappa shape index (κ1) is 13.4. The lowest BCUT2D eigenvalue weighted by Crippen LogP contribution is -2.07. The summed E-state index contributed by atoms with van der Waals surface area (Å²) in [5, 5.41) is 5.56. The summed E-state index contributed by atoms with van der Waals surface area (Å²) in [4.78, 5) is 0. The molecule has 0 amide bonds. The van der Waals surface area contributed by atoms with Crippen molar-refractivity contribution in [3.8, 4) is 5.69 Å². The van der Waals surface area contributed by atoms with Crippen molar-refractivity contribution in [3.05, 3.63) is 45.2 Å². The zero-order valence-electron chi connectivity index (χ0n) is 10.5. The van der Waals surface area contributed by atoms with Crippen LogP contribution in [0.25, 0.3) is 5.69 Å². The van der Waals surface area contributed by atoms with Crippen molar-refractivity contribution in [3.63, 3.8) is 0 Å². The smallest absolute Gasteiger partial charge is 0.0664 e. The SMILES string of the molecule is Cc1nn(-c2ccc(Cl)c(Cl)c2)c(C)c1C(C)N. The summed E-state index contributed by atoms with van der Waals surface area (Å²) in [7, 11) is 0. The van der Waals surface area contributed by atoms with E-state index in [0.717, 1.165) is 22.6 Å². The lowest BCUT2D eigenvalue weighted by Gasteiger charge is -2.08. The molecule has 1 atom stereocenters. The Morgan fingerprint density at radius 1 is 1.22 bits per heavy atom. The van der Waals surface area contributed by atoms with Gasteiger partial charge >= 0.3 is 0 Å². The fourth-order valence-electron chi connectivity index (χ4n) is 2.18. The summed E-state index contributed by atoms with van der Waals surface area (Å²) in [5.74, 6) is 0. The molecule has 0 saturated heterocycles. The number of aromatic nitrogens is 2. The molecule has 0 radical (unpaired) electrons. The van der Waals surface area contributed by atoms with Crippen molar-refractivity contribution < 1.29 is 0 Å². The van der Waals surface area contributed by atoms with Gasteiger partial charge in [0.15, 0.2) is 0 Å². The molecule has 1 heterocycles. The van der Waals surface area contributed by atoms with Crippen molar-refractivity contribution in [2.75, 3.05) is 0 Å². The number of hydrogen-bond donors (Lipinski definition) is 1. The number of rotatable bonds is 2. The first-order valence-corrected chi connectivity index (χ1v) is 6.44. The second-order valence-electron chi connectivity index (χ2n) is 4.38. The standard InChI is InChI=1S/C13H15Cl2N3/c1-7(16)13-8(2)17-18(9(13)3)10-4-5-11(14)12(15)6-10/h4-7H,16H2,1-3H3. The average Bonchev–Trinajstić information content (AvgIpc) is 2.58. The fraction of sp³-hybridized carbons (Fsp3) is 0.308. The van der Waals surface area contributed by atoms with Gasteiger partial charge in [0.1, 0.15) is 0 Å². The van der Waals surface area contributed by atoms with Gasteiger partial charge in [-0.1, -0.05) is 23.2 Å². The topological polar surface area (TPSA) is 43.8 Å². The molecule has 1 aromatic heterocycles. The van der Waals surface area contributed by atoms with E-state index in [4.69, 9.17) is 28.9 Å². The van der Waals surface area contributed by atoms with Crippen molar-refractivity contribution in [1.82, 2.24) is 9.78 Å². The third-order valence-electron chi connectivity index (χ3n) is 2.95. The molecule has 5 heteroatoms. The summed E-state index contributed by atoms with van der Waals surface area (Å²) in [6.45, 7) is 5.91. The Morgan fingerprint density at radius 2 is 1.89 bits per heavy atom. The highest BCUT2D eigenvalue weighted by Gasteiger charge is 2.16. The first-order valence-electron chi connectivity index (χ1n) is 5.69. The van der Waals surface area contributed by atoms with Crippen LogP contribution < -0.4 is 5.73 Å². The molecular formula is C13H15Cl2N3. The van der Waals surface area contributed by atoms with Crippen LogP contribution in [-0.2, 0) is 0 Å². The summed E-state index contributed by atoms with van der Waals surface area (Å²) >= 11 is 11.9. The third kappa shape index (κ3) is 2.26. The summed E-state index contributed by atoms with van der Waals surface area (Å²) in [6, 6.07) is 5.41. The van der Waals surface area contributed by atoms with E-state index in [1.54, 1.807) is 12.1 Å². The van der Waals surface area contributed by atoms with Gasteiger partial charge in [0.05, 0.1) is 21.4 Å². The predicted molar refractivity (Wildman–Crippen MR) is 75.7 cm³/mol. The molecule has 3 nitrogen and oxygen atoms in total. The lowest BCUT2D eigenvalue weighted by molar-refractivity contribution is 0.795. The lowest BCUT2D eigenvalue weighted by atomic mass is 10.1. The molecule has 18 heavy (non-hydrogen) atoms. The summed E-state index contributed by atoms with van der Waals surface area (Å²) in [5.41, 5.74) is 9.88. The van der Waals surface area contributed by atoms with Crippen molar-refractivity contribution in [2.24, 2.45) is 5.73 Å². The number of nitrogens with two attached hydrogens (primary N) is 1. The first-order chi connectivity index (χ1) is 8.41. The maximum absolute atomic E-state index is 6.03. The minimum absolute atomic E-state index is 0.0403. The van der Waals surface area contributed by atoms with Gasteiger partial charge in [0.25, 0.3) is 0 Å². The van der Waals surface area contributed by atoms with Gasteiger partial charge in [-0.25, -0.2) is 4.68 Å². The second kappa shape index (κ2) is 4.92. The van der Waals surface area contributed by atoms with E-state index in [1.165, 1.54) is 0 Å². The van der Waals surface area contributed by atoms with Crippen LogP contribution in [0.5, 0.6) is 0 Å². The van der Waals surface area contributed by atoms with E-state index in [0.29, 0.717) is 10.0 Å². The average molecular weight is 284 g/mol. The molecule has 96 valence electrons. The molecule has 2 rings (SSSR count). The highest BCUT2D eigenvalue weighted by atomic mass is 35.5. The van der Waals surface area contributed by atoms with Gasteiger partial charge in [0.2, 0.25) is 0 Å². The maximum atomic E-state index is 6.03. The van der Waals surface area contributed by atoms with E-state index in [2.05, 4.69) is 5.10 Å². The Labute approximate surface area is 117 Å². The normalized spacial score (nSPS) is 12.8. The van der Waals surface area contributed by atoms with E-state index < -0.39 is 0 Å². The molecule has 0 aliphatic heterocycles. The molecule has 2 N–H and O–H groups in total. The fourth-order valence-corrected chi connectivity index (χ4v) is 2.47. The van der Waals surface area contributed by atoms with Gasteiger partial charge in [-0.05, 0) is 39.0 Å². The summed E-state index contributed by atoms with van der Waals surface area (Å²) in [6.07, 6.45) is 0. The number of hydrogen-bond acceptors (Lipinski definition) is 2. The molecule has 0 bridgehead atoms. The van der Waals surface area contributed by atoms with Crippen LogP contribution >= 0.6 is 23.2 Å². The molecule has 0 spiro atoms. The van der Waals surface area contributed by atoms with Crippen LogP contribution in [0.1, 0.15) is 29.9 Å². The minimum Gasteiger partial charge on any atom is -0.324 e. The predicted octanol–water partition coefficient (Wildman–Crippen LogP) is 3.82. The molecule has 0 saturated carbocycles. The van der Waals surface area contributed by atoms with Crippen molar-refractivity contribution in [2.45, 2.75) is 26.8 Å². The van der Waals surface area contributed by atoms with Crippen molar-refractivity contribution >= 4 is 23.2 Å². The molecule has 2 aromatic rings. The Morgan fingerprint density at radius 3 is 2.39 bits per heavy atom. The van der Waals surface area contributed by atoms with Crippen molar-refractivity contribution in [1.29, 1.82) is 0 Å². The Kier molecular flexibility index (Phi) is 3.66. The second-order valence-corrected chi connectivity index (χ2v) is 5.20. The quantitative estimate of drug-likeness (QED) is 0.911. The number of nitrogens with zero attached hydrogens (tertiary/aromatic N) is 2. The molecular weight excluding hydrogens is 269 g/mol. The molecule has 0 aliphatic carbocycles. The summed E-state index contributed by atoms with van der Waals surface area (Å²) < 4.78 is 1.84. The van der Waals surface area contributed by atoms with Crippen LogP contribution in [0.3, 0.4) is 0 Å². The zero-order chi connectivity index (χ0) is 13.4. The van der Waals surface area contributed by atoms with E-state index in [-0.39, 0.29) is 6.04 Å². The molecule has 1 unspecified atom stereocenters.